The van der Waals surface area contributed by atoms with Crippen LogP contribution in [0.3, 0.4) is 0 Å². The predicted octanol–water partition coefficient (Wildman–Crippen LogP) is 6.77. The summed E-state index contributed by atoms with van der Waals surface area (Å²) in [7, 11) is 0. The van der Waals surface area contributed by atoms with Crippen LogP contribution in [0.15, 0.2) is 40.5 Å². The summed E-state index contributed by atoms with van der Waals surface area (Å²) >= 11 is 1.73. The van der Waals surface area contributed by atoms with Crippen LogP contribution in [0.2, 0.25) is 0 Å². The van der Waals surface area contributed by atoms with Crippen LogP contribution in [0, 0.1) is 17.2 Å². The first-order valence-corrected chi connectivity index (χ1v) is 12.0. The molecular weight excluding hydrogens is 376 g/mol. The number of ketones is 1. The molecule has 4 heteroatoms. The van der Waals surface area contributed by atoms with Gasteiger partial charge in [-0.2, -0.15) is 5.26 Å². The number of carbonyl (C=O) groups excluding carboxylic acids is 1. The topological polar surface area (TPSA) is 53.2 Å². The van der Waals surface area contributed by atoms with Crippen molar-refractivity contribution in [2.75, 3.05) is 5.75 Å². The first kappa shape index (κ1) is 21.8. The fourth-order valence-corrected chi connectivity index (χ4v) is 5.33. The summed E-state index contributed by atoms with van der Waals surface area (Å²) in [5.41, 5.74) is 4.08. The number of unbranched alkanes of at least 4 members (excludes halogenated alkanes) is 3. The van der Waals surface area contributed by atoms with Crippen LogP contribution in [0.5, 0.6) is 0 Å². The van der Waals surface area contributed by atoms with Crippen LogP contribution in [0.25, 0.3) is 0 Å². The zero-order chi connectivity index (χ0) is 20.8. The highest BCUT2D eigenvalue weighted by Gasteiger charge is 2.40. The summed E-state index contributed by atoms with van der Waals surface area (Å²) < 4.78 is 0. The Bertz CT molecular complexity index is 829. The molecule has 0 radical (unpaired) electrons. The molecule has 1 unspecified atom stereocenters. The quantitative estimate of drug-likeness (QED) is 0.468. The van der Waals surface area contributed by atoms with Gasteiger partial charge in [0.2, 0.25) is 0 Å². The molecule has 29 heavy (non-hydrogen) atoms. The maximum absolute atomic E-state index is 12.8. The van der Waals surface area contributed by atoms with Gasteiger partial charge in [-0.3, -0.25) is 4.79 Å². The van der Waals surface area contributed by atoms with Crippen LogP contribution in [-0.2, 0) is 4.79 Å². The second-order valence-electron chi connectivity index (χ2n) is 8.40. The number of carbonyl (C=O) groups is 1. The number of hydrogen-bond donors (Lipinski definition) is 0. The van der Waals surface area contributed by atoms with E-state index in [1.165, 1.54) is 24.8 Å². The Labute approximate surface area is 179 Å². The van der Waals surface area contributed by atoms with E-state index in [0.717, 1.165) is 46.9 Å². The lowest BCUT2D eigenvalue weighted by molar-refractivity contribution is -0.116. The minimum absolute atomic E-state index is 0.181. The summed E-state index contributed by atoms with van der Waals surface area (Å²) in [6.07, 6.45) is 7.13. The number of nitrogens with zero attached hydrogens (tertiary/aromatic N) is 2. The fraction of sp³-hybridized carbons (Fsp3) is 0.560. The van der Waals surface area contributed by atoms with Gasteiger partial charge in [-0.05, 0) is 42.1 Å². The number of hydrogen-bond acceptors (Lipinski definition) is 4. The molecule has 0 spiro atoms. The van der Waals surface area contributed by atoms with Gasteiger partial charge in [0, 0.05) is 23.6 Å². The fourth-order valence-electron chi connectivity index (χ4n) is 4.23. The summed E-state index contributed by atoms with van der Waals surface area (Å²) in [4.78, 5) is 17.7. The van der Waals surface area contributed by atoms with Crippen LogP contribution < -0.4 is 0 Å². The molecule has 1 heterocycles. The van der Waals surface area contributed by atoms with Gasteiger partial charge >= 0.3 is 0 Å². The van der Waals surface area contributed by atoms with Crippen LogP contribution in [0.1, 0.15) is 88.7 Å². The smallest absolute Gasteiger partial charge is 0.161 e. The van der Waals surface area contributed by atoms with Gasteiger partial charge < -0.3 is 0 Å². The Morgan fingerprint density at radius 1 is 1.17 bits per heavy atom. The number of nitriles is 1. The number of Topliss-reactive ketones (excluding diaryl/α,β-unsaturated/α-hetero) is 1. The molecular formula is C25H32N2OS. The number of benzene rings is 1. The highest BCUT2D eigenvalue weighted by molar-refractivity contribution is 8.14. The Morgan fingerprint density at radius 3 is 2.59 bits per heavy atom. The molecule has 2 atom stereocenters. The lowest BCUT2D eigenvalue weighted by atomic mass is 9.74. The van der Waals surface area contributed by atoms with E-state index in [-0.39, 0.29) is 17.6 Å². The van der Waals surface area contributed by atoms with E-state index in [9.17, 15) is 10.1 Å². The van der Waals surface area contributed by atoms with Crippen LogP contribution in [0.4, 0.5) is 0 Å². The molecule has 3 nitrogen and oxygen atoms in total. The molecule has 0 saturated carbocycles. The van der Waals surface area contributed by atoms with Crippen molar-refractivity contribution >= 4 is 22.6 Å². The van der Waals surface area contributed by atoms with E-state index < -0.39 is 0 Å². The molecule has 1 aromatic carbocycles. The third-order valence-corrected chi connectivity index (χ3v) is 7.07. The van der Waals surface area contributed by atoms with E-state index in [1.807, 2.05) is 0 Å². The zero-order valence-electron chi connectivity index (χ0n) is 17.9. The van der Waals surface area contributed by atoms with Crippen molar-refractivity contribution in [1.29, 1.82) is 5.26 Å². The van der Waals surface area contributed by atoms with Crippen LogP contribution in [-0.4, -0.2) is 16.6 Å². The largest absolute Gasteiger partial charge is 0.294 e. The molecule has 0 N–H and O–H groups in total. The number of allylic oxidation sites excluding steroid dienone is 2. The molecule has 1 aliphatic heterocycles. The standard InChI is InChI=1S/C25H32N2OS/c1-4-5-6-7-15-29-25-20(16-26)23(19-13-11-18(12-14-19)17(2)3)24-21(27-25)9-8-10-22(24)28/h11-14,17,20,23H,4-10,15H2,1-3H3/t20?,23-/m0/s1. The second-order valence-corrected chi connectivity index (χ2v) is 9.52. The maximum atomic E-state index is 12.8. The molecule has 1 aliphatic carbocycles. The maximum Gasteiger partial charge on any atom is 0.161 e. The summed E-state index contributed by atoms with van der Waals surface area (Å²) in [6, 6.07) is 11.0. The normalized spacial score (nSPS) is 21.8. The van der Waals surface area contributed by atoms with Gasteiger partial charge in [0.15, 0.2) is 5.78 Å². The molecule has 3 rings (SSSR count). The van der Waals surface area contributed by atoms with Crippen molar-refractivity contribution < 1.29 is 4.79 Å². The third-order valence-electron chi connectivity index (χ3n) is 5.93. The molecule has 0 saturated heterocycles. The lowest BCUT2D eigenvalue weighted by Gasteiger charge is -2.33. The van der Waals surface area contributed by atoms with Crippen molar-refractivity contribution in [1.82, 2.24) is 0 Å². The van der Waals surface area contributed by atoms with Gasteiger partial charge in [-0.15, -0.1) is 11.8 Å². The Hall–Kier alpha value is -1.86. The summed E-state index contributed by atoms with van der Waals surface area (Å²) in [5, 5.41) is 11.0. The molecule has 0 aromatic heterocycles. The number of rotatable bonds is 7. The van der Waals surface area contributed by atoms with Gasteiger partial charge in [0.25, 0.3) is 0 Å². The molecule has 0 fully saturated rings. The number of aliphatic imine (C=N–C) groups is 1. The zero-order valence-corrected chi connectivity index (χ0v) is 18.7. The van der Waals surface area contributed by atoms with Gasteiger partial charge in [0.05, 0.1) is 11.1 Å². The number of thioether (sulfide) groups is 1. The highest BCUT2D eigenvalue weighted by atomic mass is 32.2. The van der Waals surface area contributed by atoms with Crippen molar-refractivity contribution in [2.24, 2.45) is 10.9 Å². The Morgan fingerprint density at radius 2 is 1.93 bits per heavy atom. The third kappa shape index (κ3) is 5.01. The average Bonchev–Trinajstić information content (AvgIpc) is 2.73. The molecule has 1 aromatic rings. The van der Waals surface area contributed by atoms with E-state index in [1.54, 1.807) is 11.8 Å². The SMILES string of the molecule is CCCCCCSC1=NC2=C(C(=O)CCC2)[C@@H](c2ccc(C(C)C)cc2)C1C#N. The molecule has 0 bridgehead atoms. The first-order valence-electron chi connectivity index (χ1n) is 11.0. The Kier molecular flexibility index (Phi) is 7.72. The van der Waals surface area contributed by atoms with E-state index in [0.29, 0.717) is 12.3 Å². The summed E-state index contributed by atoms with van der Waals surface area (Å²) in [5.74, 6) is 1.09. The highest BCUT2D eigenvalue weighted by Crippen LogP contribution is 2.45. The minimum atomic E-state index is -0.364. The van der Waals surface area contributed by atoms with E-state index in [2.05, 4.69) is 51.1 Å². The van der Waals surface area contributed by atoms with Crippen molar-refractivity contribution in [2.45, 2.75) is 77.6 Å². The lowest BCUT2D eigenvalue weighted by Crippen LogP contribution is -2.30. The van der Waals surface area contributed by atoms with E-state index in [4.69, 9.17) is 4.99 Å². The first-order chi connectivity index (χ1) is 14.1. The van der Waals surface area contributed by atoms with Crippen LogP contribution >= 0.6 is 11.8 Å². The Balaban J connectivity index is 1.92. The van der Waals surface area contributed by atoms with E-state index >= 15 is 0 Å². The van der Waals surface area contributed by atoms with Crippen molar-refractivity contribution in [3.05, 3.63) is 46.7 Å². The second kappa shape index (κ2) is 10.3. The predicted molar refractivity (Wildman–Crippen MR) is 122 cm³/mol. The molecule has 2 aliphatic rings. The average molecular weight is 409 g/mol. The summed E-state index contributed by atoms with van der Waals surface area (Å²) in [6.45, 7) is 6.57. The van der Waals surface area contributed by atoms with Gasteiger partial charge in [0.1, 0.15) is 5.92 Å². The van der Waals surface area contributed by atoms with Gasteiger partial charge in [-0.1, -0.05) is 64.3 Å². The monoisotopic (exact) mass is 408 g/mol. The molecule has 154 valence electrons. The minimum Gasteiger partial charge on any atom is -0.294 e. The molecule has 0 amide bonds. The van der Waals surface area contributed by atoms with Gasteiger partial charge in [-0.25, -0.2) is 4.99 Å². The van der Waals surface area contributed by atoms with Crippen molar-refractivity contribution in [3.8, 4) is 6.07 Å². The van der Waals surface area contributed by atoms with Crippen molar-refractivity contribution in [3.63, 3.8) is 0 Å².